The van der Waals surface area contributed by atoms with Gasteiger partial charge >= 0.3 is 6.03 Å². The van der Waals surface area contributed by atoms with Gasteiger partial charge in [0.2, 0.25) is 0 Å². The van der Waals surface area contributed by atoms with Crippen LogP contribution in [0.1, 0.15) is 35.1 Å². The van der Waals surface area contributed by atoms with Crippen molar-refractivity contribution in [2.45, 2.75) is 46.2 Å². The number of hydrogen-bond donors (Lipinski definition) is 1. The quantitative estimate of drug-likeness (QED) is 0.872. The number of aryl methyl sites for hydroxylation is 2. The van der Waals surface area contributed by atoms with Crippen LogP contribution in [0, 0.1) is 13.8 Å². The lowest BCUT2D eigenvalue weighted by Gasteiger charge is -2.30. The van der Waals surface area contributed by atoms with Gasteiger partial charge in [0, 0.05) is 24.7 Å². The number of carbonyl (C=O) groups is 1. The van der Waals surface area contributed by atoms with Crippen molar-refractivity contribution >= 4 is 6.03 Å². The molecule has 1 aliphatic rings. The molecular weight excluding hydrogens is 346 g/mol. The minimum absolute atomic E-state index is 0.0129. The number of fused-ring (bicyclic) bond motifs is 1. The second-order valence-corrected chi connectivity index (χ2v) is 7.00. The van der Waals surface area contributed by atoms with Gasteiger partial charge in [0.05, 0.1) is 19.9 Å². The number of rotatable bonds is 5. The number of nitrogens with zero attached hydrogens (tertiary/aromatic N) is 2. The molecule has 0 saturated carbocycles. The maximum Gasteiger partial charge on any atom is 0.317 e. The minimum atomic E-state index is -0.0605. The van der Waals surface area contributed by atoms with Crippen molar-refractivity contribution in [2.75, 3.05) is 20.8 Å². The Hall–Kier alpha value is -2.70. The van der Waals surface area contributed by atoms with Crippen molar-refractivity contribution in [3.63, 3.8) is 0 Å². The monoisotopic (exact) mass is 373 g/mol. The first-order chi connectivity index (χ1) is 12.9. The van der Waals surface area contributed by atoms with Crippen molar-refractivity contribution in [3.8, 4) is 11.5 Å². The summed E-state index contributed by atoms with van der Waals surface area (Å²) in [6.07, 6.45) is 1.49. The lowest BCUT2D eigenvalue weighted by molar-refractivity contribution is 0.188. The molecule has 1 unspecified atom stereocenters. The number of nitrogens with one attached hydrogen (secondary N) is 1. The summed E-state index contributed by atoms with van der Waals surface area (Å²) in [4.78, 5) is 14.5. The molecule has 7 nitrogen and oxygen atoms in total. The molecule has 1 aliphatic heterocycles. The molecule has 1 aromatic heterocycles. The third kappa shape index (κ3) is 4.02. The van der Waals surface area contributed by atoms with E-state index in [4.69, 9.17) is 14.0 Å². The number of benzene rings is 1. The lowest BCUT2D eigenvalue weighted by Crippen LogP contribution is -2.46. The standard InChI is InChI=1S/C20H27N3O4/c1-12(8-17-13(2)22-27-14(17)3)21-20(24)23-7-6-15-9-18(25-4)19(26-5)10-16(15)11-23/h9-10,12H,6-8,11H2,1-5H3,(H,21,24). The smallest absolute Gasteiger partial charge is 0.317 e. The van der Waals surface area contributed by atoms with Crippen LogP contribution in [0.2, 0.25) is 0 Å². The van der Waals surface area contributed by atoms with Gasteiger partial charge in [0.25, 0.3) is 0 Å². The SMILES string of the molecule is COc1cc2c(cc1OC)CN(C(=O)NC(C)Cc1c(C)noc1C)CC2. The fourth-order valence-corrected chi connectivity index (χ4v) is 3.51. The average Bonchev–Trinajstić information content (AvgIpc) is 2.98. The van der Waals surface area contributed by atoms with E-state index in [1.54, 1.807) is 14.2 Å². The van der Waals surface area contributed by atoms with Gasteiger partial charge in [-0.15, -0.1) is 0 Å². The molecule has 146 valence electrons. The van der Waals surface area contributed by atoms with E-state index in [1.807, 2.05) is 37.8 Å². The summed E-state index contributed by atoms with van der Waals surface area (Å²) in [5.74, 6) is 2.22. The molecule has 1 N–H and O–H groups in total. The van der Waals surface area contributed by atoms with Crippen LogP contribution in [0.15, 0.2) is 16.7 Å². The summed E-state index contributed by atoms with van der Waals surface area (Å²) in [6, 6.07) is 3.89. The van der Waals surface area contributed by atoms with Crippen molar-refractivity contribution in [1.82, 2.24) is 15.4 Å². The summed E-state index contributed by atoms with van der Waals surface area (Å²) in [7, 11) is 3.25. The fourth-order valence-electron chi connectivity index (χ4n) is 3.51. The van der Waals surface area contributed by atoms with Gasteiger partial charge in [0.15, 0.2) is 11.5 Å². The number of urea groups is 1. The van der Waals surface area contributed by atoms with Gasteiger partial charge in [-0.25, -0.2) is 4.79 Å². The maximum absolute atomic E-state index is 12.7. The molecule has 2 aromatic rings. The van der Waals surface area contributed by atoms with Crippen LogP contribution in [0.4, 0.5) is 4.79 Å². The fraction of sp³-hybridized carbons (Fsp3) is 0.500. The van der Waals surface area contributed by atoms with E-state index in [0.29, 0.717) is 25.3 Å². The third-order valence-electron chi connectivity index (χ3n) is 5.07. The van der Waals surface area contributed by atoms with Crippen LogP contribution >= 0.6 is 0 Å². The largest absolute Gasteiger partial charge is 0.493 e. The number of hydrogen-bond acceptors (Lipinski definition) is 5. The minimum Gasteiger partial charge on any atom is -0.493 e. The van der Waals surface area contributed by atoms with Gasteiger partial charge in [-0.1, -0.05) is 5.16 Å². The van der Waals surface area contributed by atoms with E-state index in [9.17, 15) is 4.79 Å². The van der Waals surface area contributed by atoms with Gasteiger partial charge in [-0.2, -0.15) is 0 Å². The Morgan fingerprint density at radius 3 is 2.52 bits per heavy atom. The van der Waals surface area contributed by atoms with Crippen LogP contribution in [0.3, 0.4) is 0 Å². The molecule has 0 bridgehead atoms. The molecule has 0 fully saturated rings. The van der Waals surface area contributed by atoms with Gasteiger partial charge in [0.1, 0.15) is 5.76 Å². The average molecular weight is 373 g/mol. The molecule has 0 radical (unpaired) electrons. The van der Waals surface area contributed by atoms with Crippen molar-refractivity contribution < 1.29 is 18.8 Å². The first-order valence-corrected chi connectivity index (χ1v) is 9.13. The predicted octanol–water partition coefficient (Wildman–Crippen LogP) is 3.01. The zero-order chi connectivity index (χ0) is 19.6. The highest BCUT2D eigenvalue weighted by atomic mass is 16.5. The molecular formula is C20H27N3O4. The Morgan fingerprint density at radius 1 is 1.26 bits per heavy atom. The summed E-state index contributed by atoms with van der Waals surface area (Å²) in [5.41, 5.74) is 4.22. The molecule has 0 aliphatic carbocycles. The highest BCUT2D eigenvalue weighted by molar-refractivity contribution is 5.75. The van der Waals surface area contributed by atoms with E-state index in [1.165, 1.54) is 5.56 Å². The van der Waals surface area contributed by atoms with Gasteiger partial charge < -0.3 is 24.2 Å². The second kappa shape index (κ2) is 7.90. The summed E-state index contributed by atoms with van der Waals surface area (Å²) >= 11 is 0. The zero-order valence-electron chi connectivity index (χ0n) is 16.6. The molecule has 0 spiro atoms. The van der Waals surface area contributed by atoms with Crippen molar-refractivity contribution in [3.05, 3.63) is 40.3 Å². The van der Waals surface area contributed by atoms with Crippen LogP contribution < -0.4 is 14.8 Å². The topological polar surface area (TPSA) is 76.8 Å². The van der Waals surface area contributed by atoms with E-state index in [0.717, 1.165) is 34.8 Å². The first-order valence-electron chi connectivity index (χ1n) is 9.13. The number of amides is 2. The van der Waals surface area contributed by atoms with Crippen LogP contribution in [0.25, 0.3) is 0 Å². The Balaban J connectivity index is 1.65. The Bertz CT molecular complexity index is 811. The number of ether oxygens (including phenoxy) is 2. The molecule has 0 saturated heterocycles. The van der Waals surface area contributed by atoms with E-state index in [-0.39, 0.29) is 12.1 Å². The lowest BCUT2D eigenvalue weighted by atomic mass is 9.99. The van der Waals surface area contributed by atoms with E-state index < -0.39 is 0 Å². The Labute approximate surface area is 159 Å². The Kier molecular flexibility index (Phi) is 5.58. The van der Waals surface area contributed by atoms with E-state index in [2.05, 4.69) is 10.5 Å². The summed E-state index contributed by atoms with van der Waals surface area (Å²) < 4.78 is 16.0. The molecule has 2 heterocycles. The van der Waals surface area contributed by atoms with Crippen LogP contribution in [-0.2, 0) is 19.4 Å². The molecule has 1 atom stereocenters. The highest BCUT2D eigenvalue weighted by Gasteiger charge is 2.24. The molecule has 27 heavy (non-hydrogen) atoms. The van der Waals surface area contributed by atoms with Crippen molar-refractivity contribution in [2.24, 2.45) is 0 Å². The summed E-state index contributed by atoms with van der Waals surface area (Å²) in [5, 5.41) is 7.06. The van der Waals surface area contributed by atoms with Crippen LogP contribution in [0.5, 0.6) is 11.5 Å². The first kappa shape index (κ1) is 19.1. The third-order valence-corrected chi connectivity index (χ3v) is 5.07. The summed E-state index contributed by atoms with van der Waals surface area (Å²) in [6.45, 7) is 7.04. The predicted molar refractivity (Wildman–Crippen MR) is 101 cm³/mol. The number of aromatic nitrogens is 1. The number of carbonyl (C=O) groups excluding carboxylic acids is 1. The van der Waals surface area contributed by atoms with Gasteiger partial charge in [-0.3, -0.25) is 0 Å². The normalized spacial score (nSPS) is 14.5. The molecule has 3 rings (SSSR count). The number of methoxy groups -OCH3 is 2. The molecule has 2 amide bonds. The molecule has 1 aromatic carbocycles. The van der Waals surface area contributed by atoms with Crippen LogP contribution in [-0.4, -0.2) is 42.9 Å². The molecule has 7 heteroatoms. The van der Waals surface area contributed by atoms with E-state index >= 15 is 0 Å². The Morgan fingerprint density at radius 2 is 1.93 bits per heavy atom. The zero-order valence-corrected chi connectivity index (χ0v) is 16.6. The highest BCUT2D eigenvalue weighted by Crippen LogP contribution is 2.33. The van der Waals surface area contributed by atoms with Crippen molar-refractivity contribution in [1.29, 1.82) is 0 Å². The second-order valence-electron chi connectivity index (χ2n) is 7.00. The van der Waals surface area contributed by atoms with Gasteiger partial charge in [-0.05, 0) is 56.9 Å². The maximum atomic E-state index is 12.7.